The Morgan fingerprint density at radius 2 is 1.78 bits per heavy atom. The van der Waals surface area contributed by atoms with Gasteiger partial charge in [-0.1, -0.05) is 32.0 Å². The summed E-state index contributed by atoms with van der Waals surface area (Å²) < 4.78 is 43.1. The third-order valence-corrected chi connectivity index (χ3v) is 3.72. The minimum atomic E-state index is -4.30. The fraction of sp³-hybridized carbons (Fsp3) is 0.538. The van der Waals surface area contributed by atoms with E-state index < -0.39 is 17.3 Å². The van der Waals surface area contributed by atoms with Crippen LogP contribution in [0.2, 0.25) is 0 Å². The molecule has 0 atom stereocenters. The van der Waals surface area contributed by atoms with E-state index in [2.05, 4.69) is 10.5 Å². The van der Waals surface area contributed by atoms with Crippen molar-refractivity contribution in [3.8, 4) is 0 Å². The van der Waals surface area contributed by atoms with Crippen molar-refractivity contribution in [2.45, 2.75) is 44.9 Å². The zero-order valence-electron chi connectivity index (χ0n) is 10.5. The Kier molecular flexibility index (Phi) is 4.98. The molecule has 0 unspecified atom stereocenters. The molecule has 0 amide bonds. The molecule has 1 aromatic carbocycles. The van der Waals surface area contributed by atoms with Crippen molar-refractivity contribution in [2.24, 2.45) is 0 Å². The highest BCUT2D eigenvalue weighted by Gasteiger charge is 2.31. The SMILES string of the molecule is CCC(CC)(Cc1cccc(C(F)(F)F)c1)O[Si]. The number of hydrogen-bond acceptors (Lipinski definition) is 1. The van der Waals surface area contributed by atoms with Gasteiger partial charge in [-0.25, -0.2) is 0 Å². The third kappa shape index (κ3) is 3.59. The Morgan fingerprint density at radius 1 is 1.17 bits per heavy atom. The lowest BCUT2D eigenvalue weighted by Gasteiger charge is -2.31. The molecule has 99 valence electrons. The van der Waals surface area contributed by atoms with Crippen molar-refractivity contribution in [3.05, 3.63) is 35.4 Å². The number of alkyl halides is 3. The predicted molar refractivity (Wildman–Crippen MR) is 65.3 cm³/mol. The Hall–Kier alpha value is -0.813. The predicted octanol–water partition coefficient (Wildman–Crippen LogP) is 3.91. The van der Waals surface area contributed by atoms with Crippen LogP contribution >= 0.6 is 0 Å². The molecule has 0 fully saturated rings. The molecule has 0 spiro atoms. The maximum Gasteiger partial charge on any atom is 0.416 e. The van der Waals surface area contributed by atoms with Crippen LogP contribution in [0.5, 0.6) is 0 Å². The molecule has 18 heavy (non-hydrogen) atoms. The van der Waals surface area contributed by atoms with Crippen molar-refractivity contribution in [2.75, 3.05) is 0 Å². The molecular formula is C13H16F3OSi. The van der Waals surface area contributed by atoms with Crippen LogP contribution in [-0.2, 0) is 17.0 Å². The van der Waals surface area contributed by atoms with Crippen molar-refractivity contribution >= 4 is 10.5 Å². The highest BCUT2D eigenvalue weighted by molar-refractivity contribution is 5.98. The van der Waals surface area contributed by atoms with Gasteiger partial charge in [-0.2, -0.15) is 13.2 Å². The third-order valence-electron chi connectivity index (χ3n) is 3.29. The topological polar surface area (TPSA) is 9.23 Å². The maximum atomic E-state index is 12.6. The summed E-state index contributed by atoms with van der Waals surface area (Å²) in [6.45, 7) is 3.91. The van der Waals surface area contributed by atoms with E-state index in [9.17, 15) is 13.2 Å². The normalized spacial score (nSPS) is 12.8. The Morgan fingerprint density at radius 3 is 2.22 bits per heavy atom. The first-order chi connectivity index (χ1) is 8.37. The second-order valence-electron chi connectivity index (χ2n) is 4.37. The summed E-state index contributed by atoms with van der Waals surface area (Å²) in [5.41, 5.74) is -0.442. The second kappa shape index (κ2) is 5.89. The molecule has 1 aromatic rings. The van der Waals surface area contributed by atoms with Crippen LogP contribution in [-0.4, -0.2) is 16.1 Å². The molecule has 5 heteroatoms. The van der Waals surface area contributed by atoms with Gasteiger partial charge >= 0.3 is 6.18 Å². The number of halogens is 3. The van der Waals surface area contributed by atoms with Crippen LogP contribution in [0, 0.1) is 0 Å². The van der Waals surface area contributed by atoms with Gasteiger partial charge in [-0.05, 0) is 24.5 Å². The molecule has 0 aliphatic heterocycles. The Balaban J connectivity index is 2.98. The minimum absolute atomic E-state index is 0.452. The average Bonchev–Trinajstić information content (AvgIpc) is 2.35. The van der Waals surface area contributed by atoms with E-state index in [0.29, 0.717) is 12.0 Å². The van der Waals surface area contributed by atoms with Crippen LogP contribution in [0.4, 0.5) is 13.2 Å². The van der Waals surface area contributed by atoms with E-state index in [-0.39, 0.29) is 0 Å². The maximum absolute atomic E-state index is 12.6. The Bertz CT molecular complexity index is 378. The summed E-state index contributed by atoms with van der Waals surface area (Å²) in [4.78, 5) is 0. The average molecular weight is 273 g/mol. The second-order valence-corrected chi connectivity index (χ2v) is 4.57. The fourth-order valence-corrected chi connectivity index (χ4v) is 2.27. The summed E-state index contributed by atoms with van der Waals surface area (Å²) in [5, 5.41) is 0. The van der Waals surface area contributed by atoms with Gasteiger partial charge in [0.25, 0.3) is 0 Å². The first-order valence-electron chi connectivity index (χ1n) is 5.87. The Labute approximate surface area is 109 Å². The molecule has 0 saturated carbocycles. The van der Waals surface area contributed by atoms with Gasteiger partial charge in [0.2, 0.25) is 10.5 Å². The van der Waals surface area contributed by atoms with Gasteiger partial charge in [-0.3, -0.25) is 0 Å². The highest BCUT2D eigenvalue weighted by Crippen LogP contribution is 2.31. The van der Waals surface area contributed by atoms with Crippen molar-refractivity contribution in [1.82, 2.24) is 0 Å². The van der Waals surface area contributed by atoms with Gasteiger partial charge in [0.1, 0.15) is 0 Å². The van der Waals surface area contributed by atoms with E-state index in [0.717, 1.165) is 18.9 Å². The smallest absolute Gasteiger partial charge is 0.413 e. The number of benzene rings is 1. The summed E-state index contributed by atoms with van der Waals surface area (Å²) in [5.74, 6) is 0. The lowest BCUT2D eigenvalue weighted by Crippen LogP contribution is -2.33. The molecule has 1 rings (SSSR count). The molecular weight excluding hydrogens is 257 g/mol. The van der Waals surface area contributed by atoms with Gasteiger partial charge in [0.05, 0.1) is 11.2 Å². The first kappa shape index (κ1) is 15.2. The number of hydrogen-bond donors (Lipinski definition) is 0. The quantitative estimate of drug-likeness (QED) is 0.739. The molecule has 0 aromatic heterocycles. The molecule has 0 aliphatic rings. The van der Waals surface area contributed by atoms with Crippen LogP contribution in [0.3, 0.4) is 0 Å². The van der Waals surface area contributed by atoms with Crippen molar-refractivity contribution in [3.63, 3.8) is 0 Å². The first-order valence-corrected chi connectivity index (χ1v) is 6.28. The lowest BCUT2D eigenvalue weighted by atomic mass is 9.89. The lowest BCUT2D eigenvalue weighted by molar-refractivity contribution is -0.137. The zero-order chi connectivity index (χ0) is 13.8. The monoisotopic (exact) mass is 273 g/mol. The molecule has 3 radical (unpaired) electrons. The molecule has 0 bridgehead atoms. The minimum Gasteiger partial charge on any atom is -0.413 e. The molecule has 0 aliphatic carbocycles. The summed E-state index contributed by atoms with van der Waals surface area (Å²) in [7, 11) is 3.04. The van der Waals surface area contributed by atoms with Crippen molar-refractivity contribution in [1.29, 1.82) is 0 Å². The number of rotatable bonds is 5. The van der Waals surface area contributed by atoms with Crippen LogP contribution in [0.1, 0.15) is 37.8 Å². The summed E-state index contributed by atoms with van der Waals surface area (Å²) in [6.07, 6.45) is -2.40. The van der Waals surface area contributed by atoms with Crippen LogP contribution < -0.4 is 0 Å². The fourth-order valence-electron chi connectivity index (χ4n) is 1.91. The van der Waals surface area contributed by atoms with Gasteiger partial charge in [0.15, 0.2) is 0 Å². The summed E-state index contributed by atoms with van der Waals surface area (Å²) in [6, 6.07) is 5.39. The largest absolute Gasteiger partial charge is 0.416 e. The van der Waals surface area contributed by atoms with Gasteiger partial charge < -0.3 is 4.43 Å². The molecule has 0 N–H and O–H groups in total. The van der Waals surface area contributed by atoms with Crippen LogP contribution in [0.25, 0.3) is 0 Å². The van der Waals surface area contributed by atoms with E-state index >= 15 is 0 Å². The highest BCUT2D eigenvalue weighted by atomic mass is 28.2. The van der Waals surface area contributed by atoms with Crippen LogP contribution in [0.15, 0.2) is 24.3 Å². The zero-order valence-corrected chi connectivity index (χ0v) is 11.5. The standard InChI is InChI=1S/C13H16F3OSi/c1-3-12(4-2,17-18)9-10-6-5-7-11(8-10)13(14,15)16/h5-8H,3-4,9H2,1-2H3. The van der Waals surface area contributed by atoms with E-state index in [1.165, 1.54) is 12.1 Å². The summed E-state index contributed by atoms with van der Waals surface area (Å²) >= 11 is 0. The van der Waals surface area contributed by atoms with Crippen molar-refractivity contribution < 1.29 is 17.6 Å². The molecule has 0 saturated heterocycles. The molecule has 0 heterocycles. The van der Waals surface area contributed by atoms with E-state index in [4.69, 9.17) is 4.43 Å². The molecule has 1 nitrogen and oxygen atoms in total. The van der Waals surface area contributed by atoms with E-state index in [1.54, 1.807) is 6.07 Å². The van der Waals surface area contributed by atoms with E-state index in [1.807, 2.05) is 13.8 Å². The van der Waals surface area contributed by atoms with Gasteiger partial charge in [0, 0.05) is 6.42 Å². The van der Waals surface area contributed by atoms with Gasteiger partial charge in [-0.15, -0.1) is 0 Å².